The Hall–Kier alpha value is -3.86. The molecule has 0 radical (unpaired) electrons. The number of benzene rings is 3. The number of hydrogen-bond donors (Lipinski definition) is 1. The molecule has 4 aromatic rings. The second kappa shape index (κ2) is 7.64. The number of anilines is 1. The van der Waals surface area contributed by atoms with Crippen LogP contribution in [0, 0.1) is 6.92 Å². The smallest absolute Gasteiger partial charge is 0.255 e. The summed E-state index contributed by atoms with van der Waals surface area (Å²) in [5.74, 6) is 0.916. The van der Waals surface area contributed by atoms with Gasteiger partial charge in [0.05, 0.1) is 12.5 Å². The highest BCUT2D eigenvalue weighted by Crippen LogP contribution is 2.24. The minimum absolute atomic E-state index is 0.164. The van der Waals surface area contributed by atoms with Gasteiger partial charge in [0.1, 0.15) is 17.1 Å². The molecule has 1 amide bonds. The van der Waals surface area contributed by atoms with Crippen molar-refractivity contribution in [3.05, 3.63) is 94.1 Å². The van der Waals surface area contributed by atoms with Crippen molar-refractivity contribution in [1.82, 2.24) is 0 Å². The van der Waals surface area contributed by atoms with Crippen LogP contribution in [0.1, 0.15) is 15.9 Å². The van der Waals surface area contributed by atoms with Gasteiger partial charge in [0.25, 0.3) is 5.91 Å². The van der Waals surface area contributed by atoms with E-state index >= 15 is 0 Å². The Morgan fingerprint density at radius 2 is 1.66 bits per heavy atom. The molecule has 0 aliphatic rings. The van der Waals surface area contributed by atoms with E-state index in [0.717, 1.165) is 11.1 Å². The molecule has 0 fully saturated rings. The Bertz CT molecular complexity index is 1240. The lowest BCUT2D eigenvalue weighted by Crippen LogP contribution is -2.12. The molecule has 0 saturated heterocycles. The lowest BCUT2D eigenvalue weighted by Gasteiger charge is -2.08. The first kappa shape index (κ1) is 18.5. The van der Waals surface area contributed by atoms with E-state index in [1.165, 1.54) is 6.07 Å². The minimum atomic E-state index is -0.271. The molecule has 29 heavy (non-hydrogen) atoms. The Morgan fingerprint density at radius 1 is 0.931 bits per heavy atom. The van der Waals surface area contributed by atoms with E-state index in [-0.39, 0.29) is 11.3 Å². The number of aryl methyl sites for hydroxylation is 1. The van der Waals surface area contributed by atoms with Gasteiger partial charge in [0, 0.05) is 22.9 Å². The molecule has 0 saturated carbocycles. The average Bonchev–Trinajstić information content (AvgIpc) is 2.74. The molecule has 1 heterocycles. The van der Waals surface area contributed by atoms with E-state index in [9.17, 15) is 9.59 Å². The summed E-state index contributed by atoms with van der Waals surface area (Å²) >= 11 is 0. The summed E-state index contributed by atoms with van der Waals surface area (Å²) in [7, 11) is 1.57. The maximum Gasteiger partial charge on any atom is 0.255 e. The lowest BCUT2D eigenvalue weighted by molar-refractivity contribution is 0.102. The molecule has 5 heteroatoms. The number of carbonyl (C=O) groups is 1. The molecule has 1 N–H and O–H groups in total. The lowest BCUT2D eigenvalue weighted by atomic mass is 10.1. The fraction of sp³-hybridized carbons (Fsp3) is 0.0833. The molecule has 0 aliphatic carbocycles. The van der Waals surface area contributed by atoms with Gasteiger partial charge in [-0.15, -0.1) is 0 Å². The van der Waals surface area contributed by atoms with Crippen LogP contribution in [-0.2, 0) is 0 Å². The molecule has 5 nitrogen and oxygen atoms in total. The van der Waals surface area contributed by atoms with Crippen molar-refractivity contribution in [2.45, 2.75) is 6.92 Å². The van der Waals surface area contributed by atoms with Gasteiger partial charge in [-0.3, -0.25) is 9.59 Å². The van der Waals surface area contributed by atoms with Crippen molar-refractivity contribution < 1.29 is 13.9 Å². The SMILES string of the molecule is COc1ccc(C(=O)Nc2ccc3oc(-c4ccc(C)cc4)cc(=O)c3c2)cc1. The number of methoxy groups -OCH3 is 1. The van der Waals surface area contributed by atoms with Crippen molar-refractivity contribution in [1.29, 1.82) is 0 Å². The molecular formula is C24H19NO4. The Labute approximate surface area is 167 Å². The normalized spacial score (nSPS) is 10.7. The van der Waals surface area contributed by atoms with Gasteiger partial charge in [-0.1, -0.05) is 29.8 Å². The predicted octanol–water partition coefficient (Wildman–Crippen LogP) is 5.03. The van der Waals surface area contributed by atoms with E-state index in [0.29, 0.717) is 33.7 Å². The van der Waals surface area contributed by atoms with Crippen LogP contribution in [0.2, 0.25) is 0 Å². The van der Waals surface area contributed by atoms with E-state index < -0.39 is 0 Å². The number of ether oxygens (including phenoxy) is 1. The Kier molecular flexibility index (Phi) is 4.87. The number of hydrogen-bond acceptors (Lipinski definition) is 4. The van der Waals surface area contributed by atoms with Gasteiger partial charge in [-0.2, -0.15) is 0 Å². The van der Waals surface area contributed by atoms with Crippen LogP contribution in [-0.4, -0.2) is 13.0 Å². The monoisotopic (exact) mass is 385 g/mol. The Morgan fingerprint density at radius 3 is 2.34 bits per heavy atom. The molecule has 0 bridgehead atoms. The summed E-state index contributed by atoms with van der Waals surface area (Å²) in [6, 6.07) is 21.1. The van der Waals surface area contributed by atoms with Crippen LogP contribution in [0.15, 0.2) is 82.0 Å². The molecule has 144 valence electrons. The van der Waals surface area contributed by atoms with E-state index in [2.05, 4.69) is 5.32 Å². The van der Waals surface area contributed by atoms with Gasteiger partial charge in [-0.25, -0.2) is 0 Å². The summed E-state index contributed by atoms with van der Waals surface area (Å²) in [6.45, 7) is 2.00. The molecule has 0 unspecified atom stereocenters. The van der Waals surface area contributed by atoms with Crippen LogP contribution >= 0.6 is 0 Å². The molecule has 1 aromatic heterocycles. The summed E-state index contributed by atoms with van der Waals surface area (Å²) in [5, 5.41) is 3.22. The number of amides is 1. The predicted molar refractivity (Wildman–Crippen MR) is 114 cm³/mol. The van der Waals surface area contributed by atoms with Crippen LogP contribution in [0.5, 0.6) is 5.75 Å². The van der Waals surface area contributed by atoms with Gasteiger partial charge in [-0.05, 0) is 49.4 Å². The van der Waals surface area contributed by atoms with E-state index in [1.807, 2.05) is 31.2 Å². The van der Waals surface area contributed by atoms with Crippen molar-refractivity contribution in [3.8, 4) is 17.1 Å². The quantitative estimate of drug-likeness (QED) is 0.535. The highest BCUT2D eigenvalue weighted by molar-refractivity contribution is 6.05. The summed E-state index contributed by atoms with van der Waals surface area (Å²) < 4.78 is 11.0. The third kappa shape index (κ3) is 3.89. The molecular weight excluding hydrogens is 366 g/mol. The van der Waals surface area contributed by atoms with E-state index in [4.69, 9.17) is 9.15 Å². The first-order chi connectivity index (χ1) is 14.0. The summed E-state index contributed by atoms with van der Waals surface area (Å²) in [4.78, 5) is 25.1. The van der Waals surface area contributed by atoms with Crippen LogP contribution in [0.4, 0.5) is 5.69 Å². The zero-order chi connectivity index (χ0) is 20.4. The fourth-order valence-corrected chi connectivity index (χ4v) is 3.04. The molecule has 0 spiro atoms. The second-order valence-corrected chi connectivity index (χ2v) is 6.73. The highest BCUT2D eigenvalue weighted by Gasteiger charge is 2.10. The first-order valence-corrected chi connectivity index (χ1v) is 9.14. The van der Waals surface area contributed by atoms with Crippen molar-refractivity contribution >= 4 is 22.6 Å². The van der Waals surface area contributed by atoms with Crippen molar-refractivity contribution in [2.75, 3.05) is 12.4 Å². The zero-order valence-corrected chi connectivity index (χ0v) is 16.1. The van der Waals surface area contributed by atoms with Gasteiger partial charge < -0.3 is 14.5 Å². The standard InChI is InChI=1S/C24H19NO4/c1-15-3-5-16(6-4-15)23-14-21(26)20-13-18(9-12-22(20)29-23)25-24(27)17-7-10-19(28-2)11-8-17/h3-14H,1-2H3,(H,25,27). The largest absolute Gasteiger partial charge is 0.497 e. The highest BCUT2D eigenvalue weighted by atomic mass is 16.5. The summed E-state index contributed by atoms with van der Waals surface area (Å²) in [6.07, 6.45) is 0. The van der Waals surface area contributed by atoms with E-state index in [1.54, 1.807) is 49.6 Å². The maximum atomic E-state index is 12.6. The number of carbonyl (C=O) groups excluding carboxylic acids is 1. The Balaban J connectivity index is 1.63. The molecule has 3 aromatic carbocycles. The van der Waals surface area contributed by atoms with Gasteiger partial charge in [0.15, 0.2) is 5.43 Å². The second-order valence-electron chi connectivity index (χ2n) is 6.73. The third-order valence-corrected chi connectivity index (χ3v) is 4.67. The number of nitrogens with one attached hydrogen (secondary N) is 1. The van der Waals surface area contributed by atoms with Crippen LogP contribution in [0.3, 0.4) is 0 Å². The number of rotatable bonds is 4. The number of fused-ring (bicyclic) bond motifs is 1. The summed E-state index contributed by atoms with van der Waals surface area (Å²) in [5.41, 5.74) is 3.29. The topological polar surface area (TPSA) is 68.5 Å². The fourth-order valence-electron chi connectivity index (χ4n) is 3.04. The molecule has 0 aliphatic heterocycles. The molecule has 4 rings (SSSR count). The van der Waals surface area contributed by atoms with Crippen LogP contribution in [0.25, 0.3) is 22.3 Å². The zero-order valence-electron chi connectivity index (χ0n) is 16.1. The van der Waals surface area contributed by atoms with Crippen molar-refractivity contribution in [2.24, 2.45) is 0 Å². The minimum Gasteiger partial charge on any atom is -0.497 e. The average molecular weight is 385 g/mol. The maximum absolute atomic E-state index is 12.6. The molecule has 0 atom stereocenters. The van der Waals surface area contributed by atoms with Crippen molar-refractivity contribution in [3.63, 3.8) is 0 Å². The van der Waals surface area contributed by atoms with Crippen LogP contribution < -0.4 is 15.5 Å². The van der Waals surface area contributed by atoms with Gasteiger partial charge >= 0.3 is 0 Å². The first-order valence-electron chi connectivity index (χ1n) is 9.14. The van der Waals surface area contributed by atoms with Gasteiger partial charge in [0.2, 0.25) is 0 Å². The third-order valence-electron chi connectivity index (χ3n) is 4.67.